The van der Waals surface area contributed by atoms with Crippen molar-refractivity contribution >= 4 is 16.5 Å². The van der Waals surface area contributed by atoms with E-state index in [0.29, 0.717) is 0 Å². The number of anilines is 1. The molecule has 1 aromatic rings. The summed E-state index contributed by atoms with van der Waals surface area (Å²) in [5.74, 6) is 0. The minimum atomic E-state index is 1.24. The number of fused-ring (bicyclic) bond motifs is 1. The fraction of sp³-hybridized carbons (Fsp3) is 0.667. The van der Waals surface area contributed by atoms with Gasteiger partial charge in [0.25, 0.3) is 0 Å². The van der Waals surface area contributed by atoms with Crippen LogP contribution in [0.25, 0.3) is 0 Å². The number of hydrogen-bond donors (Lipinski definition) is 1. The molecule has 2 rings (SSSR count). The van der Waals surface area contributed by atoms with Crippen molar-refractivity contribution in [2.45, 2.75) is 33.1 Å². The fourth-order valence-corrected chi connectivity index (χ4v) is 2.38. The Morgan fingerprint density at radius 2 is 2.08 bits per heavy atom. The predicted molar refractivity (Wildman–Crippen MR) is 53.8 cm³/mol. The highest BCUT2D eigenvalue weighted by Gasteiger charge is 2.23. The molecule has 0 aromatic carbocycles. The van der Waals surface area contributed by atoms with Crippen molar-refractivity contribution in [3.05, 3.63) is 11.3 Å². The molecule has 1 heterocycles. The van der Waals surface area contributed by atoms with E-state index in [9.17, 15) is 0 Å². The maximum Gasteiger partial charge on any atom is 0.199 e. The average Bonchev–Trinajstić information content (AvgIpc) is 2.67. The number of aromatic amines is 1. The normalized spacial score (nSPS) is 13.2. The summed E-state index contributed by atoms with van der Waals surface area (Å²) in [7, 11) is 1.98. The number of nitrogens with one attached hydrogen (secondary N) is 2. The van der Waals surface area contributed by atoms with Crippen LogP contribution in [-0.2, 0) is 12.8 Å². The first kappa shape index (κ1) is 9.52. The molecule has 3 heteroatoms. The van der Waals surface area contributed by atoms with E-state index in [-0.39, 0.29) is 0 Å². The van der Waals surface area contributed by atoms with Crippen LogP contribution in [0, 0.1) is 0 Å². The number of H-pyrrole nitrogens is 1. The molecule has 2 N–H and O–H groups in total. The lowest BCUT2D eigenvalue weighted by atomic mass is 10.3. The number of aryl methyl sites for hydroxylation is 1. The zero-order chi connectivity index (χ0) is 8.97. The second kappa shape index (κ2) is 4.45. The summed E-state index contributed by atoms with van der Waals surface area (Å²) < 4.78 is 3.32. The lowest BCUT2D eigenvalue weighted by molar-refractivity contribution is -0.302. The Kier molecular flexibility index (Phi) is 3.53. The summed E-state index contributed by atoms with van der Waals surface area (Å²) >= 11 is 1.72. The van der Waals surface area contributed by atoms with Gasteiger partial charge in [0, 0.05) is 13.5 Å². The highest BCUT2D eigenvalue weighted by molar-refractivity contribution is 7.06. The molecule has 0 spiro atoms. The van der Waals surface area contributed by atoms with E-state index in [0.717, 1.165) is 0 Å². The smallest absolute Gasteiger partial charge is 0.199 e. The van der Waals surface area contributed by atoms with E-state index in [2.05, 4.69) is 9.69 Å². The number of hydrogen-bond acceptors (Lipinski definition) is 2. The summed E-state index contributed by atoms with van der Waals surface area (Å²) in [6.07, 6.45) is 3.82. The van der Waals surface area contributed by atoms with Gasteiger partial charge in [0.05, 0.1) is 5.56 Å². The second-order valence-electron chi connectivity index (χ2n) is 2.59. The first-order valence-corrected chi connectivity index (χ1v) is 5.43. The monoisotopic (exact) mass is 185 g/mol. The summed E-state index contributed by atoms with van der Waals surface area (Å²) in [4.78, 5) is 0. The molecule has 1 aliphatic rings. The number of aromatic nitrogens is 1. The third kappa shape index (κ3) is 1.61. The zero-order valence-electron chi connectivity index (χ0n) is 8.03. The maximum atomic E-state index is 3.32. The molecule has 0 bridgehead atoms. The van der Waals surface area contributed by atoms with Crippen LogP contribution in [0.2, 0.25) is 0 Å². The summed E-state index contributed by atoms with van der Waals surface area (Å²) in [5, 5.41) is 4.52. The van der Waals surface area contributed by atoms with Crippen molar-refractivity contribution in [2.24, 2.45) is 0 Å². The largest absolute Gasteiger partial charge is 0.375 e. The van der Waals surface area contributed by atoms with Gasteiger partial charge in [0.1, 0.15) is 0 Å². The van der Waals surface area contributed by atoms with Crippen LogP contribution in [0.3, 0.4) is 0 Å². The van der Waals surface area contributed by atoms with Crippen LogP contribution in [0.1, 0.15) is 31.5 Å². The van der Waals surface area contributed by atoms with Gasteiger partial charge in [-0.25, -0.2) is 0 Å². The van der Waals surface area contributed by atoms with Gasteiger partial charge >= 0.3 is 0 Å². The van der Waals surface area contributed by atoms with Crippen LogP contribution in [0.5, 0.6) is 0 Å². The average molecular weight is 185 g/mol. The van der Waals surface area contributed by atoms with E-state index < -0.39 is 0 Å². The van der Waals surface area contributed by atoms with E-state index in [4.69, 9.17) is 0 Å². The first-order valence-electron chi connectivity index (χ1n) is 4.62. The SMILES string of the molecule is CC.CNc1s[nH+]c2c1CCC2. The third-order valence-electron chi connectivity index (χ3n) is 2.00. The zero-order valence-corrected chi connectivity index (χ0v) is 8.85. The summed E-state index contributed by atoms with van der Waals surface area (Å²) in [5.41, 5.74) is 2.97. The fourth-order valence-electron chi connectivity index (χ4n) is 1.48. The second-order valence-corrected chi connectivity index (χ2v) is 3.41. The van der Waals surface area contributed by atoms with Crippen LogP contribution >= 0.6 is 11.5 Å². The van der Waals surface area contributed by atoms with E-state index in [1.165, 1.54) is 35.5 Å². The molecular weight excluding hydrogens is 168 g/mol. The Bertz CT molecular complexity index is 243. The molecule has 0 atom stereocenters. The molecule has 0 amide bonds. The highest BCUT2D eigenvalue weighted by atomic mass is 32.1. The molecular formula is C9H17N2S+. The highest BCUT2D eigenvalue weighted by Crippen LogP contribution is 2.28. The van der Waals surface area contributed by atoms with Gasteiger partial charge in [-0.3, -0.25) is 0 Å². The summed E-state index contributed by atoms with van der Waals surface area (Å²) in [6.45, 7) is 4.00. The minimum absolute atomic E-state index is 1.24. The molecule has 0 fully saturated rings. The maximum absolute atomic E-state index is 3.32. The van der Waals surface area contributed by atoms with Gasteiger partial charge in [0.2, 0.25) is 0 Å². The molecule has 68 valence electrons. The molecule has 0 saturated carbocycles. The van der Waals surface area contributed by atoms with Crippen molar-refractivity contribution in [3.63, 3.8) is 0 Å². The van der Waals surface area contributed by atoms with Crippen molar-refractivity contribution in [1.82, 2.24) is 0 Å². The molecule has 0 saturated heterocycles. The Morgan fingerprint density at radius 3 is 2.75 bits per heavy atom. The van der Waals surface area contributed by atoms with E-state index in [1.807, 2.05) is 20.9 Å². The standard InChI is InChI=1S/C7H10N2S.C2H6/c1-8-7-5-3-2-4-6(5)9-10-7;1-2/h8H,2-4H2,1H3;1-2H3/p+1. The van der Waals surface area contributed by atoms with Gasteiger partial charge < -0.3 is 5.32 Å². The van der Waals surface area contributed by atoms with Gasteiger partial charge in [-0.15, -0.1) is 4.37 Å². The van der Waals surface area contributed by atoms with Crippen LogP contribution in [-0.4, -0.2) is 7.05 Å². The van der Waals surface area contributed by atoms with Crippen molar-refractivity contribution in [3.8, 4) is 0 Å². The van der Waals surface area contributed by atoms with Gasteiger partial charge in [-0.2, -0.15) is 0 Å². The van der Waals surface area contributed by atoms with Crippen LogP contribution in [0.15, 0.2) is 0 Å². The quantitative estimate of drug-likeness (QED) is 0.712. The van der Waals surface area contributed by atoms with Crippen molar-refractivity contribution in [2.75, 3.05) is 12.4 Å². The molecule has 1 aromatic heterocycles. The Hall–Kier alpha value is -0.570. The topological polar surface area (TPSA) is 26.2 Å². The molecule has 0 radical (unpaired) electrons. The minimum Gasteiger partial charge on any atom is -0.375 e. The van der Waals surface area contributed by atoms with Gasteiger partial charge in [0.15, 0.2) is 22.2 Å². The Labute approximate surface area is 78.2 Å². The number of rotatable bonds is 1. The summed E-state index contributed by atoms with van der Waals surface area (Å²) in [6, 6.07) is 0. The van der Waals surface area contributed by atoms with E-state index >= 15 is 0 Å². The predicted octanol–water partition coefficient (Wildman–Crippen LogP) is 2.12. The van der Waals surface area contributed by atoms with Crippen LogP contribution in [0.4, 0.5) is 5.00 Å². The molecule has 0 aliphatic heterocycles. The van der Waals surface area contributed by atoms with Crippen molar-refractivity contribution < 1.29 is 4.37 Å². The molecule has 2 nitrogen and oxygen atoms in total. The molecule has 1 aliphatic carbocycles. The van der Waals surface area contributed by atoms with Gasteiger partial charge in [-0.05, 0) is 12.8 Å². The van der Waals surface area contributed by atoms with E-state index in [1.54, 1.807) is 11.5 Å². The lowest BCUT2D eigenvalue weighted by Crippen LogP contribution is -1.98. The first-order chi connectivity index (χ1) is 5.92. The molecule has 12 heavy (non-hydrogen) atoms. The van der Waals surface area contributed by atoms with Crippen molar-refractivity contribution in [1.29, 1.82) is 0 Å². The molecule has 0 unspecified atom stereocenters. The lowest BCUT2D eigenvalue weighted by Gasteiger charge is -1.90. The van der Waals surface area contributed by atoms with Crippen LogP contribution < -0.4 is 9.69 Å². The Morgan fingerprint density at radius 1 is 1.33 bits per heavy atom. The van der Waals surface area contributed by atoms with Gasteiger partial charge in [-0.1, -0.05) is 13.8 Å². The Balaban J connectivity index is 0.000000336. The third-order valence-corrected chi connectivity index (χ3v) is 3.00.